The maximum Gasteiger partial charge on any atom is 0.306 e. The highest BCUT2D eigenvalue weighted by Gasteiger charge is 2.29. The minimum atomic E-state index is -0.787. The van der Waals surface area contributed by atoms with Crippen molar-refractivity contribution in [2.45, 2.75) is 32.3 Å². The van der Waals surface area contributed by atoms with Gasteiger partial charge in [-0.1, -0.05) is 30.3 Å². The number of esters is 1. The predicted octanol–water partition coefficient (Wildman–Crippen LogP) is 3.15. The quantitative estimate of drug-likeness (QED) is 0.749. The number of ether oxygens (including phenoxy) is 2. The van der Waals surface area contributed by atoms with Crippen LogP contribution in [-0.4, -0.2) is 31.6 Å². The van der Waals surface area contributed by atoms with Gasteiger partial charge in [0.15, 0.2) is 6.10 Å². The first-order chi connectivity index (χ1) is 12.6. The second kappa shape index (κ2) is 8.04. The van der Waals surface area contributed by atoms with Crippen LogP contribution in [0.15, 0.2) is 48.5 Å². The molecule has 2 aromatic rings. The largest absolute Gasteiger partial charge is 0.497 e. The van der Waals surface area contributed by atoms with E-state index in [1.54, 1.807) is 18.9 Å². The fourth-order valence-corrected chi connectivity index (χ4v) is 3.13. The van der Waals surface area contributed by atoms with Crippen molar-refractivity contribution in [1.82, 2.24) is 0 Å². The van der Waals surface area contributed by atoms with Gasteiger partial charge in [0.1, 0.15) is 5.75 Å². The number of nitrogens with zero attached hydrogens (tertiary/aromatic N) is 1. The minimum Gasteiger partial charge on any atom is -0.497 e. The Balaban J connectivity index is 1.51. The first-order valence-corrected chi connectivity index (χ1v) is 8.80. The van der Waals surface area contributed by atoms with Crippen LogP contribution in [0.5, 0.6) is 5.75 Å². The molecule has 0 fully saturated rings. The highest BCUT2D eigenvalue weighted by Crippen LogP contribution is 2.28. The third kappa shape index (κ3) is 4.04. The van der Waals surface area contributed by atoms with Crippen molar-refractivity contribution in [2.75, 3.05) is 18.6 Å². The predicted molar refractivity (Wildman–Crippen MR) is 99.4 cm³/mol. The number of aryl methyl sites for hydroxylation is 1. The van der Waals surface area contributed by atoms with Crippen LogP contribution in [0.3, 0.4) is 0 Å². The minimum absolute atomic E-state index is 0.173. The summed E-state index contributed by atoms with van der Waals surface area (Å²) in [6.45, 7) is 2.26. The number of fused-ring (bicyclic) bond motifs is 1. The summed E-state index contributed by atoms with van der Waals surface area (Å²) < 4.78 is 10.5. The number of anilines is 1. The Kier molecular flexibility index (Phi) is 5.56. The molecule has 0 unspecified atom stereocenters. The Hall–Kier alpha value is -2.82. The summed E-state index contributed by atoms with van der Waals surface area (Å²) >= 11 is 0. The van der Waals surface area contributed by atoms with E-state index in [-0.39, 0.29) is 18.3 Å². The van der Waals surface area contributed by atoms with Gasteiger partial charge in [-0.25, -0.2) is 0 Å². The van der Waals surface area contributed by atoms with E-state index >= 15 is 0 Å². The van der Waals surface area contributed by atoms with Crippen LogP contribution in [0.25, 0.3) is 0 Å². The third-order valence-corrected chi connectivity index (χ3v) is 4.59. The van der Waals surface area contributed by atoms with Gasteiger partial charge in [0.25, 0.3) is 5.91 Å². The number of hydrogen-bond donors (Lipinski definition) is 0. The number of carbonyl (C=O) groups excluding carboxylic acids is 2. The second-order valence-electron chi connectivity index (χ2n) is 6.35. The summed E-state index contributed by atoms with van der Waals surface area (Å²) in [7, 11) is 1.61. The number of hydrogen-bond acceptors (Lipinski definition) is 4. The molecule has 1 amide bonds. The Bertz CT molecular complexity index is 785. The van der Waals surface area contributed by atoms with Gasteiger partial charge in [0, 0.05) is 18.7 Å². The third-order valence-electron chi connectivity index (χ3n) is 4.59. The lowest BCUT2D eigenvalue weighted by atomic mass is 10.1. The Morgan fingerprint density at radius 3 is 2.58 bits per heavy atom. The van der Waals surface area contributed by atoms with Crippen LogP contribution in [-0.2, 0) is 27.2 Å². The fourth-order valence-electron chi connectivity index (χ4n) is 3.13. The first-order valence-electron chi connectivity index (χ1n) is 8.80. The van der Waals surface area contributed by atoms with E-state index in [2.05, 4.69) is 0 Å². The Morgan fingerprint density at radius 1 is 1.12 bits per heavy atom. The number of benzene rings is 2. The Morgan fingerprint density at radius 2 is 1.85 bits per heavy atom. The van der Waals surface area contributed by atoms with Gasteiger partial charge >= 0.3 is 5.97 Å². The summed E-state index contributed by atoms with van der Waals surface area (Å²) in [6.07, 6.45) is 0.848. The van der Waals surface area contributed by atoms with E-state index in [1.165, 1.54) is 0 Å². The maximum atomic E-state index is 12.6. The van der Waals surface area contributed by atoms with Crippen LogP contribution in [0.1, 0.15) is 24.5 Å². The lowest BCUT2D eigenvalue weighted by Gasteiger charge is -2.21. The summed E-state index contributed by atoms with van der Waals surface area (Å²) in [4.78, 5) is 26.4. The molecule has 1 aliphatic heterocycles. The van der Waals surface area contributed by atoms with Gasteiger partial charge in [0.2, 0.25) is 0 Å². The number of rotatable bonds is 6. The van der Waals surface area contributed by atoms with E-state index in [0.29, 0.717) is 13.0 Å². The molecule has 0 bridgehead atoms. The van der Waals surface area contributed by atoms with E-state index < -0.39 is 6.10 Å². The molecule has 0 aromatic heterocycles. The van der Waals surface area contributed by atoms with Crippen molar-refractivity contribution < 1.29 is 19.1 Å². The molecule has 5 heteroatoms. The Labute approximate surface area is 153 Å². The highest BCUT2D eigenvalue weighted by atomic mass is 16.5. The molecule has 136 valence electrons. The van der Waals surface area contributed by atoms with Crippen molar-refractivity contribution in [3.8, 4) is 5.75 Å². The average molecular weight is 353 g/mol. The SMILES string of the molecule is COc1ccc(CCC(=O)O[C@@H](C)C(=O)N2CCc3ccccc32)cc1. The van der Waals surface area contributed by atoms with Crippen molar-refractivity contribution in [2.24, 2.45) is 0 Å². The molecule has 0 N–H and O–H groups in total. The zero-order chi connectivity index (χ0) is 18.5. The topological polar surface area (TPSA) is 55.8 Å². The lowest BCUT2D eigenvalue weighted by molar-refractivity contribution is -0.153. The standard InChI is InChI=1S/C21H23NO4/c1-15(21(24)22-14-13-17-5-3-4-6-19(17)22)26-20(23)12-9-16-7-10-18(25-2)11-8-16/h3-8,10-11,15H,9,12-14H2,1-2H3/t15-/m0/s1. The summed E-state index contributed by atoms with van der Waals surface area (Å²) in [5, 5.41) is 0. The molecule has 26 heavy (non-hydrogen) atoms. The number of methoxy groups -OCH3 is 1. The van der Waals surface area contributed by atoms with Crippen molar-refractivity contribution in [1.29, 1.82) is 0 Å². The highest BCUT2D eigenvalue weighted by molar-refractivity contribution is 5.99. The lowest BCUT2D eigenvalue weighted by Crippen LogP contribution is -2.39. The molecule has 0 saturated heterocycles. The van der Waals surface area contributed by atoms with Crippen LogP contribution in [0.2, 0.25) is 0 Å². The fraction of sp³-hybridized carbons (Fsp3) is 0.333. The molecule has 1 aliphatic rings. The maximum absolute atomic E-state index is 12.6. The van der Waals surface area contributed by atoms with Crippen LogP contribution < -0.4 is 9.64 Å². The zero-order valence-corrected chi connectivity index (χ0v) is 15.1. The van der Waals surface area contributed by atoms with E-state index in [4.69, 9.17) is 9.47 Å². The summed E-state index contributed by atoms with van der Waals surface area (Å²) in [5.41, 5.74) is 3.09. The van der Waals surface area contributed by atoms with Gasteiger partial charge < -0.3 is 14.4 Å². The van der Waals surface area contributed by atoms with E-state index in [0.717, 1.165) is 29.0 Å². The smallest absolute Gasteiger partial charge is 0.306 e. The number of amides is 1. The second-order valence-corrected chi connectivity index (χ2v) is 6.35. The van der Waals surface area contributed by atoms with Crippen LogP contribution >= 0.6 is 0 Å². The van der Waals surface area contributed by atoms with Gasteiger partial charge in [-0.2, -0.15) is 0 Å². The van der Waals surface area contributed by atoms with Gasteiger partial charge in [-0.3, -0.25) is 9.59 Å². The molecule has 0 radical (unpaired) electrons. The number of carbonyl (C=O) groups is 2. The molecule has 1 heterocycles. The monoisotopic (exact) mass is 353 g/mol. The molecule has 2 aromatic carbocycles. The summed E-state index contributed by atoms with van der Waals surface area (Å²) in [5.74, 6) is 0.239. The van der Waals surface area contributed by atoms with Crippen molar-refractivity contribution in [3.05, 3.63) is 59.7 Å². The molecule has 0 spiro atoms. The molecule has 5 nitrogen and oxygen atoms in total. The average Bonchev–Trinajstić information content (AvgIpc) is 3.10. The molecule has 0 saturated carbocycles. The molecule has 0 aliphatic carbocycles. The van der Waals surface area contributed by atoms with Gasteiger partial charge in [0.05, 0.1) is 7.11 Å². The normalized spacial score (nSPS) is 13.8. The van der Waals surface area contributed by atoms with E-state index in [9.17, 15) is 9.59 Å². The van der Waals surface area contributed by atoms with Crippen LogP contribution in [0, 0.1) is 0 Å². The zero-order valence-electron chi connectivity index (χ0n) is 15.1. The number of para-hydroxylation sites is 1. The molecular weight excluding hydrogens is 330 g/mol. The van der Waals surface area contributed by atoms with Gasteiger partial charge in [-0.15, -0.1) is 0 Å². The van der Waals surface area contributed by atoms with Gasteiger partial charge in [-0.05, 0) is 49.1 Å². The summed E-state index contributed by atoms with van der Waals surface area (Å²) in [6, 6.07) is 15.4. The molecule has 3 rings (SSSR count). The molecular formula is C21H23NO4. The van der Waals surface area contributed by atoms with Crippen LogP contribution in [0.4, 0.5) is 5.69 Å². The van der Waals surface area contributed by atoms with Crippen molar-refractivity contribution in [3.63, 3.8) is 0 Å². The van der Waals surface area contributed by atoms with Crippen molar-refractivity contribution >= 4 is 17.6 Å². The first kappa shape index (κ1) is 18.0. The molecule has 1 atom stereocenters. The van der Waals surface area contributed by atoms with E-state index in [1.807, 2.05) is 48.5 Å².